The maximum atomic E-state index is 13.3. The molecule has 0 aromatic heterocycles. The van der Waals surface area contributed by atoms with Crippen molar-refractivity contribution < 1.29 is 22.7 Å². The van der Waals surface area contributed by atoms with Gasteiger partial charge >= 0.3 is 0 Å². The van der Waals surface area contributed by atoms with Gasteiger partial charge in [-0.2, -0.15) is 4.31 Å². The van der Waals surface area contributed by atoms with Crippen LogP contribution in [-0.2, 0) is 19.6 Å². The molecule has 1 amide bonds. The van der Waals surface area contributed by atoms with Gasteiger partial charge in [0.25, 0.3) is 0 Å². The van der Waals surface area contributed by atoms with Crippen molar-refractivity contribution in [2.75, 3.05) is 20.3 Å². The average molecular weight is 394 g/mol. The second kappa shape index (κ2) is 6.18. The third-order valence-corrected chi connectivity index (χ3v) is 8.09. The Balaban J connectivity index is 1.69. The summed E-state index contributed by atoms with van der Waals surface area (Å²) in [7, 11) is -2.17. The highest BCUT2D eigenvalue weighted by molar-refractivity contribution is 7.89. The number of rotatable bonds is 4. The molecule has 1 aromatic rings. The van der Waals surface area contributed by atoms with Crippen molar-refractivity contribution in [1.29, 1.82) is 0 Å². The standard InChI is InChI=1S/C19H26N2O5S/c1-12(2)15-11-26-19-7-8-20(17(19)10-18(22)21(15)19)27(23,24)14-5-6-16(25-4)13(3)9-14/h5-6,9,12,15,17H,7-8,10-11H2,1-4H3/t15-,17+,19-/m0/s1. The fourth-order valence-corrected chi connectivity index (χ4v) is 6.51. The quantitative estimate of drug-likeness (QED) is 0.778. The van der Waals surface area contributed by atoms with E-state index in [9.17, 15) is 13.2 Å². The Bertz CT molecular complexity index is 884. The van der Waals surface area contributed by atoms with Crippen LogP contribution in [0.15, 0.2) is 23.1 Å². The number of sulfonamides is 1. The number of hydrogen-bond donors (Lipinski definition) is 0. The summed E-state index contributed by atoms with van der Waals surface area (Å²) in [5, 5.41) is 0. The molecule has 3 fully saturated rings. The number of ether oxygens (including phenoxy) is 2. The fourth-order valence-electron chi connectivity index (χ4n) is 4.77. The van der Waals surface area contributed by atoms with Gasteiger partial charge in [-0.05, 0) is 36.6 Å². The van der Waals surface area contributed by atoms with E-state index in [1.807, 2.05) is 11.8 Å². The van der Waals surface area contributed by atoms with E-state index >= 15 is 0 Å². The molecular formula is C19H26N2O5S. The molecule has 3 heterocycles. The second-order valence-corrected chi connectivity index (χ2v) is 9.84. The van der Waals surface area contributed by atoms with Crippen LogP contribution in [0, 0.1) is 12.8 Å². The van der Waals surface area contributed by atoms with E-state index in [1.54, 1.807) is 25.3 Å². The van der Waals surface area contributed by atoms with Crippen LogP contribution in [0.2, 0.25) is 0 Å². The van der Waals surface area contributed by atoms with Crippen molar-refractivity contribution in [3.63, 3.8) is 0 Å². The second-order valence-electron chi connectivity index (χ2n) is 7.95. The maximum Gasteiger partial charge on any atom is 0.243 e. The molecule has 3 saturated heterocycles. The summed E-state index contributed by atoms with van der Waals surface area (Å²) in [4.78, 5) is 14.8. The first kappa shape index (κ1) is 18.7. The Morgan fingerprint density at radius 3 is 2.70 bits per heavy atom. The predicted octanol–water partition coefficient (Wildman–Crippen LogP) is 1.75. The maximum absolute atomic E-state index is 13.3. The molecule has 27 heavy (non-hydrogen) atoms. The van der Waals surface area contributed by atoms with Crippen LogP contribution in [0.4, 0.5) is 0 Å². The third-order valence-electron chi connectivity index (χ3n) is 6.18. The van der Waals surface area contributed by atoms with Crippen LogP contribution in [0.1, 0.15) is 32.3 Å². The number of carbonyl (C=O) groups is 1. The van der Waals surface area contributed by atoms with Gasteiger partial charge in [-0.1, -0.05) is 13.8 Å². The Hall–Kier alpha value is -1.64. The highest BCUT2D eigenvalue weighted by Crippen LogP contribution is 2.50. The number of nitrogens with zero attached hydrogens (tertiary/aromatic N) is 2. The van der Waals surface area contributed by atoms with Gasteiger partial charge < -0.3 is 14.4 Å². The van der Waals surface area contributed by atoms with Gasteiger partial charge in [0.05, 0.1) is 30.7 Å². The van der Waals surface area contributed by atoms with Crippen LogP contribution in [-0.4, -0.2) is 61.6 Å². The summed E-state index contributed by atoms with van der Waals surface area (Å²) in [6.07, 6.45) is 0.693. The first-order valence-electron chi connectivity index (χ1n) is 9.35. The smallest absolute Gasteiger partial charge is 0.243 e. The van der Waals surface area contributed by atoms with Crippen LogP contribution in [0.25, 0.3) is 0 Å². The summed E-state index contributed by atoms with van der Waals surface area (Å²) in [5.41, 5.74) is -0.0470. The molecule has 148 valence electrons. The van der Waals surface area contributed by atoms with Crippen molar-refractivity contribution in [3.05, 3.63) is 23.8 Å². The molecule has 4 rings (SSSR count). The largest absolute Gasteiger partial charge is 0.496 e. The first-order valence-corrected chi connectivity index (χ1v) is 10.8. The van der Waals surface area contributed by atoms with Gasteiger partial charge in [-0.15, -0.1) is 0 Å². The van der Waals surface area contributed by atoms with Crippen LogP contribution in [0.3, 0.4) is 0 Å². The Morgan fingerprint density at radius 2 is 2.07 bits per heavy atom. The molecule has 3 atom stereocenters. The lowest BCUT2D eigenvalue weighted by molar-refractivity contribution is -0.139. The molecule has 7 nitrogen and oxygen atoms in total. The van der Waals surface area contributed by atoms with Gasteiger partial charge in [0.1, 0.15) is 5.75 Å². The molecule has 1 aromatic carbocycles. The summed E-state index contributed by atoms with van der Waals surface area (Å²) in [6, 6.07) is 4.39. The Morgan fingerprint density at radius 1 is 1.33 bits per heavy atom. The van der Waals surface area contributed by atoms with E-state index in [0.717, 1.165) is 5.56 Å². The molecule has 8 heteroatoms. The predicted molar refractivity (Wildman–Crippen MR) is 98.8 cm³/mol. The van der Waals surface area contributed by atoms with E-state index in [4.69, 9.17) is 9.47 Å². The highest BCUT2D eigenvalue weighted by atomic mass is 32.2. The SMILES string of the molecule is COc1ccc(S(=O)(=O)N2CC[C@@]34OC[C@@H](C(C)C)N3C(=O)C[C@@H]24)cc1C. The number of benzene rings is 1. The van der Waals surface area contributed by atoms with Crippen molar-refractivity contribution >= 4 is 15.9 Å². The number of hydrogen-bond acceptors (Lipinski definition) is 5. The van der Waals surface area contributed by atoms with Gasteiger partial charge in [-0.25, -0.2) is 8.42 Å². The van der Waals surface area contributed by atoms with Crippen molar-refractivity contribution in [2.45, 2.75) is 56.3 Å². The van der Waals surface area contributed by atoms with E-state index in [1.165, 1.54) is 4.31 Å². The van der Waals surface area contributed by atoms with E-state index in [0.29, 0.717) is 25.3 Å². The molecule has 0 aliphatic carbocycles. The number of aryl methyl sites for hydroxylation is 1. The molecule has 3 aliphatic rings. The molecule has 0 N–H and O–H groups in total. The zero-order chi connectivity index (χ0) is 19.6. The van der Waals surface area contributed by atoms with E-state index in [2.05, 4.69) is 13.8 Å². The Labute approximate surface area is 160 Å². The summed E-state index contributed by atoms with van der Waals surface area (Å²) in [6.45, 7) is 6.77. The third kappa shape index (κ3) is 2.53. The zero-order valence-corrected chi connectivity index (χ0v) is 17.0. The first-order chi connectivity index (χ1) is 12.7. The highest BCUT2D eigenvalue weighted by Gasteiger charge is 2.66. The van der Waals surface area contributed by atoms with E-state index < -0.39 is 21.8 Å². The minimum Gasteiger partial charge on any atom is -0.496 e. The minimum atomic E-state index is -3.73. The number of methoxy groups -OCH3 is 1. The summed E-state index contributed by atoms with van der Waals surface area (Å²) < 4.78 is 39.5. The minimum absolute atomic E-state index is 0.00776. The van der Waals surface area contributed by atoms with Gasteiger partial charge in [0, 0.05) is 19.4 Å². The normalized spacial score (nSPS) is 30.9. The van der Waals surface area contributed by atoms with Crippen molar-refractivity contribution in [1.82, 2.24) is 9.21 Å². The number of amides is 1. The number of carbonyl (C=O) groups excluding carboxylic acids is 1. The molecule has 0 unspecified atom stereocenters. The van der Waals surface area contributed by atoms with E-state index in [-0.39, 0.29) is 29.2 Å². The zero-order valence-electron chi connectivity index (χ0n) is 16.1. The lowest BCUT2D eigenvalue weighted by Gasteiger charge is -2.34. The summed E-state index contributed by atoms with van der Waals surface area (Å²) >= 11 is 0. The Kier molecular flexibility index (Phi) is 4.29. The van der Waals surface area contributed by atoms with Crippen molar-refractivity contribution in [2.24, 2.45) is 5.92 Å². The van der Waals surface area contributed by atoms with Crippen LogP contribution >= 0.6 is 0 Å². The van der Waals surface area contributed by atoms with Crippen LogP contribution in [0.5, 0.6) is 5.75 Å². The molecule has 0 bridgehead atoms. The van der Waals surface area contributed by atoms with Gasteiger partial charge in [-0.3, -0.25) is 4.79 Å². The lowest BCUT2D eigenvalue weighted by atomic mass is 10.0. The van der Waals surface area contributed by atoms with Gasteiger partial charge in [0.2, 0.25) is 15.9 Å². The molecule has 0 radical (unpaired) electrons. The van der Waals surface area contributed by atoms with Crippen molar-refractivity contribution in [3.8, 4) is 5.75 Å². The monoisotopic (exact) mass is 394 g/mol. The topological polar surface area (TPSA) is 76.2 Å². The molecule has 3 aliphatic heterocycles. The molecule has 1 spiro atoms. The van der Waals surface area contributed by atoms with Crippen LogP contribution < -0.4 is 4.74 Å². The molecular weight excluding hydrogens is 368 g/mol. The summed E-state index contributed by atoms with van der Waals surface area (Å²) in [5.74, 6) is 0.900. The van der Waals surface area contributed by atoms with Gasteiger partial charge in [0.15, 0.2) is 5.72 Å². The molecule has 0 saturated carbocycles. The fraction of sp³-hybridized carbons (Fsp3) is 0.632. The average Bonchev–Trinajstić information content (AvgIpc) is 3.24. The lowest BCUT2D eigenvalue weighted by Crippen LogP contribution is -2.51.